The van der Waals surface area contributed by atoms with Gasteiger partial charge in [-0.3, -0.25) is 14.9 Å². The van der Waals surface area contributed by atoms with Gasteiger partial charge in [0.25, 0.3) is 0 Å². The third kappa shape index (κ3) is 13.5. The zero-order valence-electron chi connectivity index (χ0n) is 23.0. The molecule has 0 spiro atoms. The molecule has 0 amide bonds. The summed E-state index contributed by atoms with van der Waals surface area (Å²) >= 11 is 0. The topological polar surface area (TPSA) is 64.6 Å². The molecule has 1 unspecified atom stereocenters. The fourth-order valence-corrected chi connectivity index (χ4v) is 4.48. The van der Waals surface area contributed by atoms with Crippen LogP contribution in [0.2, 0.25) is 0 Å². The minimum Gasteiger partial charge on any atom is -0.465 e. The van der Waals surface area contributed by atoms with Gasteiger partial charge in [-0.2, -0.15) is 0 Å². The summed E-state index contributed by atoms with van der Waals surface area (Å²) < 4.78 is 11.0. The Kier molecular flexibility index (Phi) is 16.1. The third-order valence-corrected chi connectivity index (χ3v) is 6.61. The maximum Gasteiger partial charge on any atom is 0.323 e. The SMILES string of the molecule is CCCCCCCCCCCC[C@H](NC(Cc1ccccc1)C(=O)OCc1ccccc1)C(=O)OCC. The van der Waals surface area contributed by atoms with Crippen LogP contribution in [-0.2, 0) is 32.1 Å². The molecule has 0 fully saturated rings. The van der Waals surface area contributed by atoms with E-state index in [1.54, 1.807) is 0 Å². The monoisotopic (exact) mass is 509 g/mol. The molecule has 2 rings (SSSR count). The second kappa shape index (κ2) is 19.5. The van der Waals surface area contributed by atoms with Crippen molar-refractivity contribution in [3.8, 4) is 0 Å². The van der Waals surface area contributed by atoms with Crippen molar-refractivity contribution in [1.29, 1.82) is 0 Å². The molecule has 0 heterocycles. The van der Waals surface area contributed by atoms with Gasteiger partial charge in [-0.1, -0.05) is 132 Å². The van der Waals surface area contributed by atoms with Gasteiger partial charge in [-0.15, -0.1) is 0 Å². The molecule has 0 bridgehead atoms. The molecule has 0 radical (unpaired) electrons. The maximum atomic E-state index is 13.1. The first-order valence-corrected chi connectivity index (χ1v) is 14.3. The lowest BCUT2D eigenvalue weighted by Gasteiger charge is -2.24. The van der Waals surface area contributed by atoms with E-state index < -0.39 is 12.1 Å². The first kappa shape index (κ1) is 30.6. The van der Waals surface area contributed by atoms with Crippen LogP contribution in [0.4, 0.5) is 0 Å². The summed E-state index contributed by atoms with van der Waals surface area (Å²) in [4.78, 5) is 25.9. The highest BCUT2D eigenvalue weighted by molar-refractivity contribution is 5.80. The number of ether oxygens (including phenoxy) is 2. The van der Waals surface area contributed by atoms with E-state index in [1.807, 2.05) is 67.6 Å². The number of hydrogen-bond acceptors (Lipinski definition) is 5. The fraction of sp³-hybridized carbons (Fsp3) is 0.562. The van der Waals surface area contributed by atoms with Gasteiger partial charge in [0.2, 0.25) is 0 Å². The third-order valence-electron chi connectivity index (χ3n) is 6.61. The number of rotatable bonds is 20. The van der Waals surface area contributed by atoms with Gasteiger partial charge in [0.15, 0.2) is 0 Å². The van der Waals surface area contributed by atoms with Gasteiger partial charge in [0.05, 0.1) is 6.61 Å². The fourth-order valence-electron chi connectivity index (χ4n) is 4.48. The van der Waals surface area contributed by atoms with E-state index in [9.17, 15) is 9.59 Å². The van der Waals surface area contributed by atoms with Crippen LogP contribution in [0.5, 0.6) is 0 Å². The van der Waals surface area contributed by atoms with Gasteiger partial charge in [-0.25, -0.2) is 0 Å². The average molecular weight is 510 g/mol. The van der Waals surface area contributed by atoms with Gasteiger partial charge >= 0.3 is 11.9 Å². The molecular formula is C32H47NO4. The Morgan fingerprint density at radius 2 is 1.16 bits per heavy atom. The van der Waals surface area contributed by atoms with Gasteiger partial charge in [0.1, 0.15) is 18.7 Å². The Bertz CT molecular complexity index is 856. The van der Waals surface area contributed by atoms with Crippen molar-refractivity contribution in [2.75, 3.05) is 6.61 Å². The zero-order valence-corrected chi connectivity index (χ0v) is 23.0. The predicted octanol–water partition coefficient (Wildman–Crippen LogP) is 7.17. The molecule has 0 aromatic heterocycles. The molecule has 204 valence electrons. The molecule has 37 heavy (non-hydrogen) atoms. The summed E-state index contributed by atoms with van der Waals surface area (Å²) in [6.45, 7) is 4.58. The normalized spacial score (nSPS) is 12.6. The highest BCUT2D eigenvalue weighted by atomic mass is 16.5. The highest BCUT2D eigenvalue weighted by Gasteiger charge is 2.28. The standard InChI is InChI=1S/C32H47NO4/c1-3-5-6-7-8-9-10-11-12-19-24-29(31(34)36-4-2)33-30(25-27-20-15-13-16-21-27)32(35)37-26-28-22-17-14-18-23-28/h13-18,20-23,29-30,33H,3-12,19,24-26H2,1-2H3/t29-,30?/m0/s1. The Labute approximate surface area is 224 Å². The van der Waals surface area contributed by atoms with Gasteiger partial charge in [-0.05, 0) is 30.9 Å². The first-order valence-electron chi connectivity index (χ1n) is 14.3. The van der Waals surface area contributed by atoms with Crippen molar-refractivity contribution >= 4 is 11.9 Å². The predicted molar refractivity (Wildman–Crippen MR) is 150 cm³/mol. The number of nitrogens with one attached hydrogen (secondary N) is 1. The Morgan fingerprint density at radius 1 is 0.649 bits per heavy atom. The molecule has 2 aromatic carbocycles. The van der Waals surface area contributed by atoms with Crippen LogP contribution in [0.3, 0.4) is 0 Å². The molecule has 1 N–H and O–H groups in total. The first-order chi connectivity index (χ1) is 18.1. The van der Waals surface area contributed by atoms with Crippen molar-refractivity contribution in [3.63, 3.8) is 0 Å². The number of hydrogen-bond donors (Lipinski definition) is 1. The molecular weight excluding hydrogens is 462 g/mol. The highest BCUT2D eigenvalue weighted by Crippen LogP contribution is 2.14. The van der Waals surface area contributed by atoms with E-state index in [4.69, 9.17) is 9.47 Å². The van der Waals surface area contributed by atoms with Crippen molar-refractivity contribution in [1.82, 2.24) is 5.32 Å². The molecule has 0 aliphatic carbocycles. The Morgan fingerprint density at radius 3 is 1.73 bits per heavy atom. The number of esters is 2. The quantitative estimate of drug-likeness (QED) is 0.151. The van der Waals surface area contributed by atoms with Crippen LogP contribution in [-0.4, -0.2) is 30.6 Å². The van der Waals surface area contributed by atoms with Crippen LogP contribution in [0, 0.1) is 0 Å². The maximum absolute atomic E-state index is 13.1. The summed E-state index contributed by atoms with van der Waals surface area (Å²) in [5.74, 6) is -0.655. The van der Waals surface area contributed by atoms with Crippen LogP contribution in [0.15, 0.2) is 60.7 Å². The number of carbonyl (C=O) groups is 2. The van der Waals surface area contributed by atoms with E-state index in [0.717, 1.165) is 24.0 Å². The van der Waals surface area contributed by atoms with E-state index in [0.29, 0.717) is 19.4 Å². The molecule has 0 saturated heterocycles. The average Bonchev–Trinajstić information content (AvgIpc) is 2.92. The molecule has 0 aliphatic heterocycles. The smallest absolute Gasteiger partial charge is 0.323 e. The minimum absolute atomic E-state index is 0.204. The summed E-state index contributed by atoms with van der Waals surface area (Å²) in [6, 6.07) is 18.3. The lowest BCUT2D eigenvalue weighted by atomic mass is 10.0. The van der Waals surface area contributed by atoms with E-state index in [2.05, 4.69) is 12.2 Å². The van der Waals surface area contributed by atoms with Gasteiger partial charge < -0.3 is 9.47 Å². The number of carbonyl (C=O) groups excluding carboxylic acids is 2. The summed E-state index contributed by atoms with van der Waals surface area (Å²) in [5, 5.41) is 3.30. The summed E-state index contributed by atoms with van der Waals surface area (Å²) in [6.07, 6.45) is 13.4. The molecule has 2 aromatic rings. The summed E-state index contributed by atoms with van der Waals surface area (Å²) in [7, 11) is 0. The zero-order chi connectivity index (χ0) is 26.6. The second-order valence-electron chi connectivity index (χ2n) is 9.78. The van der Waals surface area contributed by atoms with Crippen molar-refractivity contribution in [2.24, 2.45) is 0 Å². The molecule has 5 nitrogen and oxygen atoms in total. The molecule has 0 saturated carbocycles. The van der Waals surface area contributed by atoms with Crippen molar-refractivity contribution in [2.45, 2.75) is 110 Å². The summed E-state index contributed by atoms with van der Waals surface area (Å²) in [5.41, 5.74) is 1.94. The largest absolute Gasteiger partial charge is 0.465 e. The minimum atomic E-state index is -0.636. The molecule has 5 heteroatoms. The van der Waals surface area contributed by atoms with Crippen molar-refractivity contribution in [3.05, 3.63) is 71.8 Å². The second-order valence-corrected chi connectivity index (χ2v) is 9.78. The van der Waals surface area contributed by atoms with Crippen LogP contribution >= 0.6 is 0 Å². The van der Waals surface area contributed by atoms with Crippen LogP contribution in [0.1, 0.15) is 95.6 Å². The number of benzene rings is 2. The Hall–Kier alpha value is -2.66. The number of unbranched alkanes of at least 4 members (excludes halogenated alkanes) is 9. The van der Waals surface area contributed by atoms with Crippen LogP contribution < -0.4 is 5.32 Å². The Balaban J connectivity index is 1.91. The van der Waals surface area contributed by atoms with Crippen LogP contribution in [0.25, 0.3) is 0 Å². The van der Waals surface area contributed by atoms with E-state index in [-0.39, 0.29) is 18.5 Å². The van der Waals surface area contributed by atoms with Gasteiger partial charge in [0, 0.05) is 0 Å². The van der Waals surface area contributed by atoms with E-state index >= 15 is 0 Å². The van der Waals surface area contributed by atoms with E-state index in [1.165, 1.54) is 51.4 Å². The lowest BCUT2D eigenvalue weighted by molar-refractivity contribution is -0.150. The lowest BCUT2D eigenvalue weighted by Crippen LogP contribution is -2.49. The molecule has 0 aliphatic rings. The molecule has 2 atom stereocenters. The van der Waals surface area contributed by atoms with Crippen molar-refractivity contribution < 1.29 is 19.1 Å².